The normalized spacial score (nSPS) is 15.6. The van der Waals surface area contributed by atoms with Gasteiger partial charge in [0.2, 0.25) is 10.0 Å². The van der Waals surface area contributed by atoms with E-state index in [-0.39, 0.29) is 11.5 Å². The summed E-state index contributed by atoms with van der Waals surface area (Å²) in [6.45, 7) is 4.42. The third kappa shape index (κ3) is 4.09. The first-order chi connectivity index (χ1) is 9.84. The Balaban J connectivity index is 2.26. The van der Waals surface area contributed by atoms with Crippen LogP contribution >= 0.6 is 0 Å². The summed E-state index contributed by atoms with van der Waals surface area (Å²) in [6, 6.07) is 4.57. The predicted molar refractivity (Wildman–Crippen MR) is 78.2 cm³/mol. The Bertz CT molecular complexity index is 597. The lowest BCUT2D eigenvalue weighted by Crippen LogP contribution is -2.43. The minimum atomic E-state index is -3.68. The van der Waals surface area contributed by atoms with Gasteiger partial charge in [0.1, 0.15) is 0 Å². The highest BCUT2D eigenvalue weighted by Gasteiger charge is 2.26. The standard InChI is InChI=1S/C14H21NO5S/c1-14(2,6-7-16)15-21(17,18)11-4-5-12-13(10-11)20-9-3-8-19-12/h4-5,10,15-16H,3,6-9H2,1-2H3. The second-order valence-electron chi connectivity index (χ2n) is 5.62. The van der Waals surface area contributed by atoms with Gasteiger partial charge in [-0.25, -0.2) is 13.1 Å². The zero-order valence-corrected chi connectivity index (χ0v) is 13.1. The number of hydrogen-bond donors (Lipinski definition) is 2. The van der Waals surface area contributed by atoms with Crippen molar-refractivity contribution in [2.45, 2.75) is 37.1 Å². The molecule has 0 bridgehead atoms. The van der Waals surface area contributed by atoms with Gasteiger partial charge in [0.15, 0.2) is 11.5 Å². The van der Waals surface area contributed by atoms with Crippen LogP contribution in [0.3, 0.4) is 0 Å². The molecule has 118 valence electrons. The van der Waals surface area contributed by atoms with E-state index in [1.54, 1.807) is 19.9 Å². The molecular formula is C14H21NO5S. The Hall–Kier alpha value is -1.31. The van der Waals surface area contributed by atoms with Crippen LogP contribution in [-0.2, 0) is 10.0 Å². The number of rotatable bonds is 5. The lowest BCUT2D eigenvalue weighted by molar-refractivity contribution is 0.245. The number of fused-ring (bicyclic) bond motifs is 1. The average molecular weight is 315 g/mol. The molecule has 0 radical (unpaired) electrons. The van der Waals surface area contributed by atoms with E-state index in [9.17, 15) is 8.42 Å². The molecule has 0 amide bonds. The number of aliphatic hydroxyl groups is 1. The SMILES string of the molecule is CC(C)(CCO)NS(=O)(=O)c1ccc2c(c1)OCCCO2. The molecule has 1 aliphatic heterocycles. The predicted octanol–water partition coefficient (Wildman–Crippen LogP) is 1.29. The van der Waals surface area contributed by atoms with Gasteiger partial charge in [0.25, 0.3) is 0 Å². The molecule has 1 aromatic rings. The van der Waals surface area contributed by atoms with Gasteiger partial charge in [0.05, 0.1) is 18.1 Å². The Kier molecular flexibility index (Phi) is 4.75. The van der Waals surface area contributed by atoms with Crippen LogP contribution in [0.25, 0.3) is 0 Å². The van der Waals surface area contributed by atoms with Crippen molar-refractivity contribution in [2.24, 2.45) is 0 Å². The maximum Gasteiger partial charge on any atom is 0.241 e. The molecule has 2 N–H and O–H groups in total. The van der Waals surface area contributed by atoms with Crippen molar-refractivity contribution >= 4 is 10.0 Å². The van der Waals surface area contributed by atoms with Crippen LogP contribution in [0.4, 0.5) is 0 Å². The van der Waals surface area contributed by atoms with Crippen LogP contribution in [-0.4, -0.2) is 38.9 Å². The molecule has 0 aliphatic carbocycles. The summed E-state index contributed by atoms with van der Waals surface area (Å²) in [5.74, 6) is 0.997. The molecule has 1 aromatic carbocycles. The monoisotopic (exact) mass is 315 g/mol. The zero-order chi connectivity index (χ0) is 15.5. The van der Waals surface area contributed by atoms with Gasteiger partial charge in [-0.1, -0.05) is 0 Å². The minimum Gasteiger partial charge on any atom is -0.490 e. The zero-order valence-electron chi connectivity index (χ0n) is 12.3. The van der Waals surface area contributed by atoms with E-state index in [2.05, 4.69) is 4.72 Å². The number of hydrogen-bond acceptors (Lipinski definition) is 5. The van der Waals surface area contributed by atoms with Crippen molar-refractivity contribution in [3.63, 3.8) is 0 Å². The molecule has 0 fully saturated rings. The second-order valence-corrected chi connectivity index (χ2v) is 7.30. The minimum absolute atomic E-state index is 0.0866. The fourth-order valence-electron chi connectivity index (χ4n) is 2.06. The van der Waals surface area contributed by atoms with E-state index in [1.165, 1.54) is 12.1 Å². The number of sulfonamides is 1. The van der Waals surface area contributed by atoms with Crippen molar-refractivity contribution in [1.82, 2.24) is 4.72 Å². The van der Waals surface area contributed by atoms with E-state index in [4.69, 9.17) is 14.6 Å². The molecule has 6 nitrogen and oxygen atoms in total. The summed E-state index contributed by atoms with van der Waals surface area (Å²) >= 11 is 0. The maximum atomic E-state index is 12.4. The second kappa shape index (κ2) is 6.21. The smallest absolute Gasteiger partial charge is 0.241 e. The summed E-state index contributed by atoms with van der Waals surface area (Å²) in [6.07, 6.45) is 1.09. The highest BCUT2D eigenvalue weighted by Crippen LogP contribution is 2.32. The molecule has 0 saturated heterocycles. The molecule has 0 spiro atoms. The summed E-state index contributed by atoms with van der Waals surface area (Å²) in [5.41, 5.74) is -0.724. The van der Waals surface area contributed by atoms with Crippen molar-refractivity contribution in [3.05, 3.63) is 18.2 Å². The third-order valence-electron chi connectivity index (χ3n) is 3.18. The number of nitrogens with one attached hydrogen (secondary N) is 1. The average Bonchev–Trinajstić information content (AvgIpc) is 2.61. The first-order valence-electron chi connectivity index (χ1n) is 6.88. The lowest BCUT2D eigenvalue weighted by Gasteiger charge is -2.25. The van der Waals surface area contributed by atoms with Crippen molar-refractivity contribution in [2.75, 3.05) is 19.8 Å². The molecule has 0 saturated carbocycles. The number of ether oxygens (including phenoxy) is 2. The number of aliphatic hydroxyl groups excluding tert-OH is 1. The Morgan fingerprint density at radius 2 is 1.90 bits per heavy atom. The molecule has 1 aliphatic rings. The van der Waals surface area contributed by atoms with Gasteiger partial charge in [-0.2, -0.15) is 0 Å². The van der Waals surface area contributed by atoms with Gasteiger partial charge in [-0.15, -0.1) is 0 Å². The van der Waals surface area contributed by atoms with Crippen molar-refractivity contribution < 1.29 is 23.0 Å². The van der Waals surface area contributed by atoms with Crippen molar-refractivity contribution in [1.29, 1.82) is 0 Å². The van der Waals surface area contributed by atoms with Crippen LogP contribution in [0.2, 0.25) is 0 Å². The first kappa shape index (κ1) is 16.1. The molecule has 0 atom stereocenters. The van der Waals surface area contributed by atoms with Crippen molar-refractivity contribution in [3.8, 4) is 11.5 Å². The van der Waals surface area contributed by atoms with E-state index >= 15 is 0 Å². The Morgan fingerprint density at radius 3 is 2.57 bits per heavy atom. The molecule has 0 unspecified atom stereocenters. The topological polar surface area (TPSA) is 84.9 Å². The summed E-state index contributed by atoms with van der Waals surface area (Å²) in [7, 11) is -3.68. The summed E-state index contributed by atoms with van der Waals surface area (Å²) in [4.78, 5) is 0.123. The quantitative estimate of drug-likeness (QED) is 0.855. The highest BCUT2D eigenvalue weighted by atomic mass is 32.2. The molecule has 0 aromatic heterocycles. The third-order valence-corrected chi connectivity index (χ3v) is 4.87. The van der Waals surface area contributed by atoms with Crippen LogP contribution in [0.1, 0.15) is 26.7 Å². The molecule has 7 heteroatoms. The maximum absolute atomic E-state index is 12.4. The first-order valence-corrected chi connectivity index (χ1v) is 8.37. The summed E-state index contributed by atoms with van der Waals surface area (Å²) < 4.78 is 38.4. The van der Waals surface area contributed by atoms with Gasteiger partial charge in [-0.3, -0.25) is 0 Å². The van der Waals surface area contributed by atoms with Gasteiger partial charge in [-0.05, 0) is 32.4 Å². The van der Waals surface area contributed by atoms with Gasteiger partial charge >= 0.3 is 0 Å². The van der Waals surface area contributed by atoms with Crippen LogP contribution in [0, 0.1) is 0 Å². The van der Waals surface area contributed by atoms with E-state index < -0.39 is 15.6 Å². The molecular weight excluding hydrogens is 294 g/mol. The molecule has 21 heavy (non-hydrogen) atoms. The molecule has 2 rings (SSSR count). The van der Waals surface area contributed by atoms with Crippen LogP contribution in [0.5, 0.6) is 11.5 Å². The number of benzene rings is 1. The summed E-state index contributed by atoms with van der Waals surface area (Å²) in [5, 5.41) is 8.99. The fraction of sp³-hybridized carbons (Fsp3) is 0.571. The van der Waals surface area contributed by atoms with E-state index in [0.29, 0.717) is 31.1 Å². The largest absolute Gasteiger partial charge is 0.490 e. The molecule has 1 heterocycles. The Morgan fingerprint density at radius 1 is 1.24 bits per heavy atom. The van der Waals surface area contributed by atoms with Crippen LogP contribution in [0.15, 0.2) is 23.1 Å². The van der Waals surface area contributed by atoms with Gasteiger partial charge in [0, 0.05) is 24.6 Å². The van der Waals surface area contributed by atoms with E-state index in [0.717, 1.165) is 6.42 Å². The highest BCUT2D eigenvalue weighted by molar-refractivity contribution is 7.89. The Labute approximate surface area is 125 Å². The van der Waals surface area contributed by atoms with Gasteiger partial charge < -0.3 is 14.6 Å². The van der Waals surface area contributed by atoms with E-state index in [1.807, 2.05) is 0 Å². The lowest BCUT2D eigenvalue weighted by atomic mass is 10.0. The van der Waals surface area contributed by atoms with Crippen LogP contribution < -0.4 is 14.2 Å². The fourth-order valence-corrected chi connectivity index (χ4v) is 3.52.